The largest absolute Gasteiger partial charge is 0.350 e. The number of carbonyl (C=O) groups excluding carboxylic acids is 3. The van der Waals surface area contributed by atoms with Crippen LogP contribution in [0.4, 0.5) is 11.4 Å². The van der Waals surface area contributed by atoms with Crippen molar-refractivity contribution in [2.24, 2.45) is 5.92 Å². The Bertz CT molecular complexity index is 818. The Morgan fingerprint density at radius 1 is 1.00 bits per heavy atom. The van der Waals surface area contributed by atoms with Crippen LogP contribution in [0.2, 0.25) is 0 Å². The molecule has 1 aromatic heterocycles. The molecule has 7 heteroatoms. The van der Waals surface area contributed by atoms with Crippen molar-refractivity contribution >= 4 is 29.1 Å². The molecule has 0 aliphatic rings. The molecule has 0 saturated carbocycles. The Morgan fingerprint density at radius 3 is 2.35 bits per heavy atom. The van der Waals surface area contributed by atoms with Gasteiger partial charge < -0.3 is 16.0 Å². The Morgan fingerprint density at radius 2 is 1.69 bits per heavy atom. The quantitative estimate of drug-likeness (QED) is 0.742. The van der Waals surface area contributed by atoms with Crippen LogP contribution in [0.5, 0.6) is 0 Å². The van der Waals surface area contributed by atoms with Crippen LogP contribution in [0.3, 0.4) is 0 Å². The first-order valence-corrected chi connectivity index (χ1v) is 8.28. The average molecular weight is 354 g/mol. The van der Waals surface area contributed by atoms with E-state index in [0.717, 1.165) is 0 Å². The van der Waals surface area contributed by atoms with Crippen molar-refractivity contribution in [3.63, 3.8) is 0 Å². The smallest absolute Gasteiger partial charge is 0.269 e. The lowest BCUT2D eigenvalue weighted by atomic mass is 10.2. The third-order valence-electron chi connectivity index (χ3n) is 3.37. The van der Waals surface area contributed by atoms with Crippen molar-refractivity contribution in [2.75, 3.05) is 17.2 Å². The molecule has 0 unspecified atom stereocenters. The summed E-state index contributed by atoms with van der Waals surface area (Å²) in [4.78, 5) is 39.7. The van der Waals surface area contributed by atoms with Crippen molar-refractivity contribution in [3.05, 3.63) is 53.9 Å². The fourth-order valence-electron chi connectivity index (χ4n) is 2.16. The van der Waals surface area contributed by atoms with E-state index in [2.05, 4.69) is 20.9 Å². The van der Waals surface area contributed by atoms with Crippen molar-refractivity contribution in [3.8, 4) is 0 Å². The molecule has 2 rings (SSSR count). The van der Waals surface area contributed by atoms with Gasteiger partial charge in [0.2, 0.25) is 5.91 Å². The standard InChI is InChI=1S/C19H22N4O3/c1-12(2)11-21-19(26)17-9-14(7-8-20-17)18(25)23-16-6-4-5-15(10-16)22-13(3)24/h4-10,12H,11H2,1-3H3,(H,21,26)(H,22,24)(H,23,25). The molecule has 7 nitrogen and oxygen atoms in total. The highest BCUT2D eigenvalue weighted by molar-refractivity contribution is 6.06. The lowest BCUT2D eigenvalue weighted by molar-refractivity contribution is -0.114. The maximum absolute atomic E-state index is 12.4. The number of hydrogen-bond donors (Lipinski definition) is 3. The highest BCUT2D eigenvalue weighted by Gasteiger charge is 2.12. The van der Waals surface area contributed by atoms with Gasteiger partial charge in [-0.05, 0) is 36.2 Å². The number of nitrogens with zero attached hydrogens (tertiary/aromatic N) is 1. The summed E-state index contributed by atoms with van der Waals surface area (Å²) in [6.07, 6.45) is 1.42. The predicted octanol–water partition coefficient (Wildman–Crippen LogP) is 2.68. The van der Waals surface area contributed by atoms with Crippen LogP contribution in [0, 0.1) is 5.92 Å². The average Bonchev–Trinajstić information content (AvgIpc) is 2.59. The summed E-state index contributed by atoms with van der Waals surface area (Å²) < 4.78 is 0. The fourth-order valence-corrected chi connectivity index (χ4v) is 2.16. The Kier molecular flexibility index (Phi) is 6.43. The summed E-state index contributed by atoms with van der Waals surface area (Å²) in [5.41, 5.74) is 1.62. The number of rotatable bonds is 6. The minimum atomic E-state index is -0.370. The minimum absolute atomic E-state index is 0.185. The molecule has 0 fully saturated rings. The van der Waals surface area contributed by atoms with E-state index in [1.54, 1.807) is 24.3 Å². The molecule has 1 aromatic carbocycles. The van der Waals surface area contributed by atoms with Crippen molar-refractivity contribution in [1.82, 2.24) is 10.3 Å². The normalized spacial score (nSPS) is 10.3. The van der Waals surface area contributed by atoms with E-state index in [1.807, 2.05) is 13.8 Å². The number of amides is 3. The topological polar surface area (TPSA) is 100 Å². The first kappa shape index (κ1) is 19.1. The third-order valence-corrected chi connectivity index (χ3v) is 3.37. The number of aromatic nitrogens is 1. The molecule has 3 N–H and O–H groups in total. The van der Waals surface area contributed by atoms with Crippen molar-refractivity contribution < 1.29 is 14.4 Å². The zero-order valence-electron chi connectivity index (χ0n) is 15.0. The molecule has 136 valence electrons. The predicted molar refractivity (Wildman–Crippen MR) is 100 cm³/mol. The zero-order chi connectivity index (χ0) is 19.1. The third kappa shape index (κ3) is 5.70. The molecule has 0 saturated heterocycles. The molecule has 0 bridgehead atoms. The maximum atomic E-state index is 12.4. The highest BCUT2D eigenvalue weighted by atomic mass is 16.2. The summed E-state index contributed by atoms with van der Waals surface area (Å²) >= 11 is 0. The zero-order valence-corrected chi connectivity index (χ0v) is 15.0. The molecule has 2 aromatic rings. The molecular weight excluding hydrogens is 332 g/mol. The van der Waals surface area contributed by atoms with Crippen LogP contribution in [0.25, 0.3) is 0 Å². The molecule has 0 aliphatic heterocycles. The number of anilines is 2. The van der Waals surface area contributed by atoms with Crippen LogP contribution < -0.4 is 16.0 Å². The van der Waals surface area contributed by atoms with Gasteiger partial charge in [-0.1, -0.05) is 19.9 Å². The van der Waals surface area contributed by atoms with Crippen molar-refractivity contribution in [1.29, 1.82) is 0 Å². The highest BCUT2D eigenvalue weighted by Crippen LogP contribution is 2.16. The monoisotopic (exact) mass is 354 g/mol. The second-order valence-electron chi connectivity index (χ2n) is 6.25. The lowest BCUT2D eigenvalue weighted by Crippen LogP contribution is -2.28. The first-order chi connectivity index (χ1) is 12.3. The molecule has 3 amide bonds. The van der Waals surface area contributed by atoms with E-state index in [0.29, 0.717) is 29.4 Å². The van der Waals surface area contributed by atoms with Gasteiger partial charge in [-0.25, -0.2) is 0 Å². The molecule has 0 radical (unpaired) electrons. The summed E-state index contributed by atoms with van der Waals surface area (Å²) in [6, 6.07) is 9.78. The molecule has 0 aliphatic carbocycles. The van der Waals surface area contributed by atoms with Gasteiger partial charge in [0.15, 0.2) is 0 Å². The summed E-state index contributed by atoms with van der Waals surface area (Å²) in [7, 11) is 0. The summed E-state index contributed by atoms with van der Waals surface area (Å²) in [6.45, 7) is 5.93. The van der Waals surface area contributed by atoms with Crippen LogP contribution >= 0.6 is 0 Å². The number of pyridine rings is 1. The first-order valence-electron chi connectivity index (χ1n) is 8.28. The second kappa shape index (κ2) is 8.75. The van der Waals surface area contributed by atoms with Crippen molar-refractivity contribution in [2.45, 2.75) is 20.8 Å². The summed E-state index contributed by atoms with van der Waals surface area (Å²) in [5.74, 6) is -0.563. The SMILES string of the molecule is CC(=O)Nc1cccc(NC(=O)c2ccnc(C(=O)NCC(C)C)c2)c1. The number of carbonyl (C=O) groups is 3. The number of hydrogen-bond acceptors (Lipinski definition) is 4. The second-order valence-corrected chi connectivity index (χ2v) is 6.25. The van der Waals surface area contributed by atoms with Gasteiger partial charge in [-0.3, -0.25) is 19.4 Å². The van der Waals surface area contributed by atoms with Gasteiger partial charge in [0.1, 0.15) is 5.69 Å². The van der Waals surface area contributed by atoms with Gasteiger partial charge in [0, 0.05) is 36.6 Å². The fraction of sp³-hybridized carbons (Fsp3) is 0.263. The molecule has 26 heavy (non-hydrogen) atoms. The van der Waals surface area contributed by atoms with Gasteiger partial charge >= 0.3 is 0 Å². The van der Waals surface area contributed by atoms with Gasteiger partial charge in [0.05, 0.1) is 0 Å². The van der Waals surface area contributed by atoms with Gasteiger partial charge in [-0.15, -0.1) is 0 Å². The Labute approximate surface area is 152 Å². The van der Waals surface area contributed by atoms with Crippen LogP contribution in [-0.2, 0) is 4.79 Å². The van der Waals surface area contributed by atoms with Gasteiger partial charge in [0.25, 0.3) is 11.8 Å². The van der Waals surface area contributed by atoms with Gasteiger partial charge in [-0.2, -0.15) is 0 Å². The van der Waals surface area contributed by atoms with E-state index < -0.39 is 0 Å². The van der Waals surface area contributed by atoms with E-state index in [1.165, 1.54) is 25.3 Å². The molecular formula is C19H22N4O3. The van der Waals surface area contributed by atoms with Crippen LogP contribution in [0.1, 0.15) is 41.6 Å². The van der Waals surface area contributed by atoms with E-state index in [9.17, 15) is 14.4 Å². The number of benzene rings is 1. The van der Waals surface area contributed by atoms with E-state index in [4.69, 9.17) is 0 Å². The number of nitrogens with one attached hydrogen (secondary N) is 3. The Balaban J connectivity index is 2.09. The van der Waals surface area contributed by atoms with Crippen LogP contribution in [0.15, 0.2) is 42.6 Å². The maximum Gasteiger partial charge on any atom is 0.269 e. The van der Waals surface area contributed by atoms with E-state index in [-0.39, 0.29) is 23.4 Å². The minimum Gasteiger partial charge on any atom is -0.350 e. The van der Waals surface area contributed by atoms with Crippen LogP contribution in [-0.4, -0.2) is 29.3 Å². The molecule has 1 heterocycles. The van der Waals surface area contributed by atoms with E-state index >= 15 is 0 Å². The molecule has 0 spiro atoms. The Hall–Kier alpha value is -3.22. The lowest BCUT2D eigenvalue weighted by Gasteiger charge is -2.09. The summed E-state index contributed by atoms with van der Waals surface area (Å²) in [5, 5.41) is 8.16. The molecule has 0 atom stereocenters.